The number of carbonyl (C=O) groups is 1. The van der Waals surface area contributed by atoms with Crippen LogP contribution in [0, 0.1) is 0 Å². The molecule has 1 atom stereocenters. The molecular formula is C12H13N3OS. The average Bonchev–Trinajstić information content (AvgIpc) is 2.90. The number of nitrogens with one attached hydrogen (secondary N) is 1. The topological polar surface area (TPSA) is 68.0 Å². The number of thiophene rings is 1. The number of carbonyl (C=O) groups excluding carboxylic acids is 1. The van der Waals surface area contributed by atoms with E-state index < -0.39 is 6.04 Å². The molecular weight excluding hydrogens is 234 g/mol. The van der Waals surface area contributed by atoms with Crippen LogP contribution in [0.1, 0.15) is 16.5 Å². The molecule has 2 aromatic heterocycles. The van der Waals surface area contributed by atoms with Gasteiger partial charge in [0.1, 0.15) is 6.04 Å². The lowest BCUT2D eigenvalue weighted by Crippen LogP contribution is -2.33. The molecule has 0 aromatic carbocycles. The summed E-state index contributed by atoms with van der Waals surface area (Å²) in [6.07, 6.45) is 3.39. The summed E-state index contributed by atoms with van der Waals surface area (Å²) in [5.41, 5.74) is 6.84. The van der Waals surface area contributed by atoms with Gasteiger partial charge >= 0.3 is 0 Å². The Hall–Kier alpha value is -1.72. The predicted octanol–water partition coefficient (Wildman–Crippen LogP) is 1.46. The number of pyridine rings is 1. The highest BCUT2D eigenvalue weighted by molar-refractivity contribution is 7.10. The Morgan fingerprint density at radius 3 is 2.82 bits per heavy atom. The fourth-order valence-electron chi connectivity index (χ4n) is 1.40. The maximum Gasteiger partial charge on any atom is 0.242 e. The monoisotopic (exact) mass is 247 g/mol. The molecule has 2 rings (SSSR count). The quantitative estimate of drug-likeness (QED) is 0.859. The van der Waals surface area contributed by atoms with Crippen molar-refractivity contribution < 1.29 is 4.79 Å². The summed E-state index contributed by atoms with van der Waals surface area (Å²) >= 11 is 1.49. The fraction of sp³-hybridized carbons (Fsp3) is 0.167. The highest BCUT2D eigenvalue weighted by Crippen LogP contribution is 2.16. The Bertz CT molecular complexity index is 470. The zero-order valence-electron chi connectivity index (χ0n) is 9.17. The average molecular weight is 247 g/mol. The molecule has 1 amide bonds. The van der Waals surface area contributed by atoms with E-state index in [9.17, 15) is 4.79 Å². The van der Waals surface area contributed by atoms with Crippen molar-refractivity contribution in [3.8, 4) is 0 Å². The lowest BCUT2D eigenvalue weighted by Gasteiger charge is -2.10. The van der Waals surface area contributed by atoms with Crippen LogP contribution in [0.25, 0.3) is 0 Å². The van der Waals surface area contributed by atoms with Gasteiger partial charge in [0.2, 0.25) is 5.91 Å². The highest BCUT2D eigenvalue weighted by atomic mass is 32.1. The molecule has 2 aromatic rings. The maximum atomic E-state index is 11.8. The van der Waals surface area contributed by atoms with E-state index in [-0.39, 0.29) is 5.91 Å². The second-order valence-corrected chi connectivity index (χ2v) is 4.55. The molecule has 0 saturated heterocycles. The molecule has 1 unspecified atom stereocenters. The summed E-state index contributed by atoms with van der Waals surface area (Å²) in [7, 11) is 0. The third kappa shape index (κ3) is 3.12. The van der Waals surface area contributed by atoms with Crippen LogP contribution in [0.3, 0.4) is 0 Å². The Kier molecular flexibility index (Phi) is 3.85. The van der Waals surface area contributed by atoms with Crippen molar-refractivity contribution in [1.29, 1.82) is 0 Å². The van der Waals surface area contributed by atoms with Crippen LogP contribution in [0.5, 0.6) is 0 Å². The van der Waals surface area contributed by atoms with Gasteiger partial charge in [-0.3, -0.25) is 9.78 Å². The molecule has 0 radical (unpaired) electrons. The van der Waals surface area contributed by atoms with Gasteiger partial charge in [0.05, 0.1) is 0 Å². The summed E-state index contributed by atoms with van der Waals surface area (Å²) in [6, 6.07) is 6.88. The van der Waals surface area contributed by atoms with E-state index in [1.54, 1.807) is 12.4 Å². The van der Waals surface area contributed by atoms with Crippen LogP contribution in [0.15, 0.2) is 42.0 Å². The molecule has 0 spiro atoms. The SMILES string of the molecule is NC(C(=O)NCc1ccncc1)c1cccs1. The third-order valence-electron chi connectivity index (χ3n) is 2.35. The normalized spacial score (nSPS) is 12.1. The zero-order chi connectivity index (χ0) is 12.1. The van der Waals surface area contributed by atoms with E-state index in [4.69, 9.17) is 5.73 Å². The smallest absolute Gasteiger partial charge is 0.242 e. The van der Waals surface area contributed by atoms with Crippen LogP contribution in [0.2, 0.25) is 0 Å². The first-order chi connectivity index (χ1) is 8.27. The number of nitrogens with two attached hydrogens (primary N) is 1. The fourth-order valence-corrected chi connectivity index (χ4v) is 2.12. The van der Waals surface area contributed by atoms with Crippen LogP contribution < -0.4 is 11.1 Å². The molecule has 0 aliphatic heterocycles. The summed E-state index contributed by atoms with van der Waals surface area (Å²) in [6.45, 7) is 0.473. The van der Waals surface area contributed by atoms with Gasteiger partial charge in [-0.2, -0.15) is 0 Å². The summed E-state index contributed by atoms with van der Waals surface area (Å²) < 4.78 is 0. The lowest BCUT2D eigenvalue weighted by atomic mass is 10.2. The standard InChI is InChI=1S/C12H13N3OS/c13-11(10-2-1-7-17-10)12(16)15-8-9-3-5-14-6-4-9/h1-7,11H,8,13H2,(H,15,16). The van der Waals surface area contributed by atoms with Crippen molar-refractivity contribution in [3.63, 3.8) is 0 Å². The number of aromatic nitrogens is 1. The number of rotatable bonds is 4. The predicted molar refractivity (Wildman–Crippen MR) is 67.3 cm³/mol. The van der Waals surface area contributed by atoms with E-state index in [1.807, 2.05) is 29.6 Å². The molecule has 17 heavy (non-hydrogen) atoms. The summed E-state index contributed by atoms with van der Waals surface area (Å²) in [5, 5.41) is 4.71. The molecule has 4 nitrogen and oxygen atoms in total. The van der Waals surface area contributed by atoms with Crippen LogP contribution in [-0.4, -0.2) is 10.9 Å². The maximum absolute atomic E-state index is 11.8. The minimum Gasteiger partial charge on any atom is -0.350 e. The Morgan fingerprint density at radius 1 is 1.41 bits per heavy atom. The molecule has 0 fully saturated rings. The van der Waals surface area contributed by atoms with E-state index in [2.05, 4.69) is 10.3 Å². The largest absolute Gasteiger partial charge is 0.350 e. The number of hydrogen-bond donors (Lipinski definition) is 2. The molecule has 0 saturated carbocycles. The number of amides is 1. The second kappa shape index (κ2) is 5.56. The van der Waals surface area contributed by atoms with Crippen molar-refractivity contribution in [2.45, 2.75) is 12.6 Å². The van der Waals surface area contributed by atoms with Gasteiger partial charge in [0.15, 0.2) is 0 Å². The Morgan fingerprint density at radius 2 is 2.18 bits per heavy atom. The first kappa shape index (κ1) is 11.8. The second-order valence-electron chi connectivity index (χ2n) is 3.57. The lowest BCUT2D eigenvalue weighted by molar-refractivity contribution is -0.122. The molecule has 3 N–H and O–H groups in total. The first-order valence-corrected chi connectivity index (χ1v) is 6.11. The van der Waals surface area contributed by atoms with E-state index in [1.165, 1.54) is 11.3 Å². The van der Waals surface area contributed by atoms with Gasteiger partial charge < -0.3 is 11.1 Å². The van der Waals surface area contributed by atoms with Crippen molar-refractivity contribution >= 4 is 17.2 Å². The van der Waals surface area contributed by atoms with Crippen molar-refractivity contribution in [3.05, 3.63) is 52.5 Å². The first-order valence-electron chi connectivity index (χ1n) is 5.23. The van der Waals surface area contributed by atoms with Crippen LogP contribution >= 0.6 is 11.3 Å². The van der Waals surface area contributed by atoms with Crippen LogP contribution in [-0.2, 0) is 11.3 Å². The molecule has 0 aliphatic rings. The highest BCUT2D eigenvalue weighted by Gasteiger charge is 2.15. The van der Waals surface area contributed by atoms with E-state index >= 15 is 0 Å². The van der Waals surface area contributed by atoms with Crippen LogP contribution in [0.4, 0.5) is 0 Å². The molecule has 0 bridgehead atoms. The van der Waals surface area contributed by atoms with Crippen molar-refractivity contribution in [2.24, 2.45) is 5.73 Å². The summed E-state index contributed by atoms with van der Waals surface area (Å²) in [4.78, 5) is 16.6. The van der Waals surface area contributed by atoms with Gasteiger partial charge in [-0.15, -0.1) is 11.3 Å². The molecule has 2 heterocycles. The molecule has 5 heteroatoms. The van der Waals surface area contributed by atoms with E-state index in [0.29, 0.717) is 6.54 Å². The van der Waals surface area contributed by atoms with Crippen molar-refractivity contribution in [1.82, 2.24) is 10.3 Å². The third-order valence-corrected chi connectivity index (χ3v) is 3.30. The van der Waals surface area contributed by atoms with Gasteiger partial charge in [0, 0.05) is 23.8 Å². The van der Waals surface area contributed by atoms with Gasteiger partial charge in [-0.1, -0.05) is 6.07 Å². The van der Waals surface area contributed by atoms with Gasteiger partial charge in [-0.25, -0.2) is 0 Å². The Labute approximate surface area is 103 Å². The number of nitrogens with zero attached hydrogens (tertiary/aromatic N) is 1. The molecule has 88 valence electrons. The summed E-state index contributed by atoms with van der Waals surface area (Å²) in [5.74, 6) is -0.163. The number of hydrogen-bond acceptors (Lipinski definition) is 4. The zero-order valence-corrected chi connectivity index (χ0v) is 9.98. The van der Waals surface area contributed by atoms with Gasteiger partial charge in [0.25, 0.3) is 0 Å². The Balaban J connectivity index is 1.90. The van der Waals surface area contributed by atoms with Crippen molar-refractivity contribution in [2.75, 3.05) is 0 Å². The molecule has 0 aliphatic carbocycles. The minimum absolute atomic E-state index is 0.163. The minimum atomic E-state index is -0.586. The van der Waals surface area contributed by atoms with E-state index in [0.717, 1.165) is 10.4 Å². The van der Waals surface area contributed by atoms with Gasteiger partial charge in [-0.05, 0) is 29.1 Å².